The lowest BCUT2D eigenvalue weighted by Crippen LogP contribution is -2.41. The van der Waals surface area contributed by atoms with Crippen LogP contribution in [0.25, 0.3) is 0 Å². The van der Waals surface area contributed by atoms with Crippen molar-refractivity contribution in [3.8, 4) is 0 Å². The van der Waals surface area contributed by atoms with Gasteiger partial charge in [0.05, 0.1) is 16.4 Å². The molecule has 5 rings (SSSR count). The molecule has 0 atom stereocenters. The molecule has 2 aliphatic heterocycles. The van der Waals surface area contributed by atoms with E-state index in [0.717, 1.165) is 50.5 Å². The highest BCUT2D eigenvalue weighted by atomic mass is 32.1. The Balaban J connectivity index is 1.19. The number of carbonyl (C=O) groups excluding carboxylic acids is 1. The van der Waals surface area contributed by atoms with Crippen LogP contribution >= 0.6 is 11.3 Å². The molecule has 0 spiro atoms. The van der Waals surface area contributed by atoms with E-state index in [0.29, 0.717) is 11.7 Å². The highest BCUT2D eigenvalue weighted by molar-refractivity contribution is 7.11. The summed E-state index contributed by atoms with van der Waals surface area (Å²) in [6.07, 6.45) is 8.41. The van der Waals surface area contributed by atoms with Crippen molar-refractivity contribution in [2.75, 3.05) is 26.2 Å². The number of nitrogens with zero attached hydrogens (tertiary/aromatic N) is 4. The smallest absolute Gasteiger partial charge is 0.292 e. The van der Waals surface area contributed by atoms with E-state index in [-0.39, 0.29) is 5.91 Å². The van der Waals surface area contributed by atoms with Gasteiger partial charge in [0.1, 0.15) is 0 Å². The molecule has 28 heavy (non-hydrogen) atoms. The van der Waals surface area contributed by atoms with Crippen LogP contribution in [0.1, 0.15) is 69.8 Å². The third-order valence-electron chi connectivity index (χ3n) is 6.62. The van der Waals surface area contributed by atoms with Gasteiger partial charge in [-0.3, -0.25) is 9.69 Å². The number of aromatic nitrogens is 2. The zero-order chi connectivity index (χ0) is 19.1. The van der Waals surface area contributed by atoms with Crippen molar-refractivity contribution in [3.63, 3.8) is 0 Å². The van der Waals surface area contributed by atoms with Gasteiger partial charge in [-0.2, -0.15) is 0 Å². The van der Waals surface area contributed by atoms with E-state index in [2.05, 4.69) is 10.1 Å². The normalized spacial score (nSPS) is 22.0. The lowest BCUT2D eigenvalue weighted by Gasteiger charge is -2.36. The summed E-state index contributed by atoms with van der Waals surface area (Å²) < 4.78 is 5.14. The molecule has 1 saturated carbocycles. The van der Waals surface area contributed by atoms with Crippen LogP contribution in [0.3, 0.4) is 0 Å². The molecule has 0 radical (unpaired) electrons. The quantitative estimate of drug-likeness (QED) is 0.790. The molecule has 2 aromatic rings. The van der Waals surface area contributed by atoms with Gasteiger partial charge in [-0.1, -0.05) is 11.6 Å². The molecule has 0 aromatic carbocycles. The molecule has 0 unspecified atom stereocenters. The Hall–Kier alpha value is -1.73. The zero-order valence-corrected chi connectivity index (χ0v) is 17.3. The molecule has 2 aromatic heterocycles. The molecular formula is C21H28N4O2S. The van der Waals surface area contributed by atoms with Crippen LogP contribution < -0.4 is 0 Å². The molecule has 0 bridgehead atoms. The molecular weight excluding hydrogens is 372 g/mol. The lowest BCUT2D eigenvalue weighted by molar-refractivity contribution is 0.0671. The molecule has 1 amide bonds. The molecule has 1 aliphatic carbocycles. The van der Waals surface area contributed by atoms with E-state index < -0.39 is 0 Å². The lowest BCUT2D eigenvalue weighted by atomic mass is 9.91. The number of likely N-dealkylation sites (tertiary alicyclic amines) is 1. The van der Waals surface area contributed by atoms with Gasteiger partial charge in [0, 0.05) is 55.5 Å². The van der Waals surface area contributed by atoms with Crippen LogP contribution in [-0.2, 0) is 12.8 Å². The van der Waals surface area contributed by atoms with Crippen LogP contribution in [0, 0.1) is 6.92 Å². The average Bonchev–Trinajstić information content (AvgIpc) is 3.24. The van der Waals surface area contributed by atoms with Crippen molar-refractivity contribution in [2.24, 2.45) is 0 Å². The monoisotopic (exact) mass is 400 g/mol. The molecule has 150 valence electrons. The van der Waals surface area contributed by atoms with Gasteiger partial charge in [-0.25, -0.2) is 4.98 Å². The molecule has 1 saturated heterocycles. The average molecular weight is 401 g/mol. The van der Waals surface area contributed by atoms with Crippen molar-refractivity contribution >= 4 is 17.2 Å². The number of hydrogen-bond donors (Lipinski definition) is 0. The Morgan fingerprint density at radius 1 is 1.14 bits per heavy atom. The summed E-state index contributed by atoms with van der Waals surface area (Å²) in [6.45, 7) is 5.74. The Morgan fingerprint density at radius 3 is 2.61 bits per heavy atom. The number of hydrogen-bond acceptors (Lipinski definition) is 6. The number of amides is 1. The third-order valence-corrected chi connectivity index (χ3v) is 7.94. The van der Waals surface area contributed by atoms with E-state index in [9.17, 15) is 4.79 Å². The third kappa shape index (κ3) is 3.50. The minimum Gasteiger partial charge on any atom is -0.351 e. The Bertz CT molecular complexity index is 823. The first-order chi connectivity index (χ1) is 13.7. The van der Waals surface area contributed by atoms with Gasteiger partial charge in [0.25, 0.3) is 5.91 Å². The summed E-state index contributed by atoms with van der Waals surface area (Å²) in [7, 11) is 0. The van der Waals surface area contributed by atoms with Crippen molar-refractivity contribution in [2.45, 2.75) is 63.8 Å². The van der Waals surface area contributed by atoms with Gasteiger partial charge in [0.15, 0.2) is 0 Å². The van der Waals surface area contributed by atoms with Gasteiger partial charge in [-0.05, 0) is 39.0 Å². The zero-order valence-electron chi connectivity index (χ0n) is 16.5. The number of aryl methyl sites for hydroxylation is 1. The van der Waals surface area contributed by atoms with Crippen molar-refractivity contribution in [1.29, 1.82) is 0 Å². The Kier molecular flexibility index (Phi) is 4.97. The van der Waals surface area contributed by atoms with Crippen LogP contribution in [0.4, 0.5) is 0 Å². The second-order valence-corrected chi connectivity index (χ2v) is 9.56. The summed E-state index contributed by atoms with van der Waals surface area (Å²) in [5, 5.41) is 5.13. The van der Waals surface area contributed by atoms with E-state index in [4.69, 9.17) is 9.51 Å². The molecule has 0 N–H and O–H groups in total. The van der Waals surface area contributed by atoms with Gasteiger partial charge < -0.3 is 9.42 Å². The summed E-state index contributed by atoms with van der Waals surface area (Å²) in [6, 6.07) is 2.56. The largest absolute Gasteiger partial charge is 0.351 e. The van der Waals surface area contributed by atoms with Crippen LogP contribution in [0.2, 0.25) is 0 Å². The minimum absolute atomic E-state index is 0.0370. The highest BCUT2D eigenvalue weighted by Crippen LogP contribution is 2.35. The van der Waals surface area contributed by atoms with Gasteiger partial charge >= 0.3 is 0 Å². The first-order valence-corrected chi connectivity index (χ1v) is 11.4. The topological polar surface area (TPSA) is 62.5 Å². The minimum atomic E-state index is -0.0370. The first-order valence-electron chi connectivity index (χ1n) is 10.6. The molecule has 4 heterocycles. The van der Waals surface area contributed by atoms with Crippen molar-refractivity contribution in [3.05, 3.63) is 33.1 Å². The SMILES string of the molecule is Cc1cc(C(=O)N2CCC(c3nc4c(s3)CCN(C3CCC3)CC4)CC2)on1. The summed E-state index contributed by atoms with van der Waals surface area (Å²) in [5.74, 6) is 0.804. The van der Waals surface area contributed by atoms with Crippen molar-refractivity contribution in [1.82, 2.24) is 19.9 Å². The fourth-order valence-corrected chi connectivity index (χ4v) is 5.91. The predicted octanol–water partition coefficient (Wildman–Crippen LogP) is 3.41. The molecule has 6 nitrogen and oxygen atoms in total. The number of thiazole rings is 1. The predicted molar refractivity (Wildman–Crippen MR) is 108 cm³/mol. The second-order valence-electron chi connectivity index (χ2n) is 8.44. The van der Waals surface area contributed by atoms with E-state index in [1.54, 1.807) is 6.07 Å². The summed E-state index contributed by atoms with van der Waals surface area (Å²) in [4.78, 5) is 23.7. The molecule has 2 fully saturated rings. The summed E-state index contributed by atoms with van der Waals surface area (Å²) in [5.41, 5.74) is 2.09. The fourth-order valence-electron chi connectivity index (χ4n) is 4.64. The van der Waals surface area contributed by atoms with E-state index in [1.807, 2.05) is 23.2 Å². The maximum absolute atomic E-state index is 12.5. The Labute approximate surface area is 169 Å². The Morgan fingerprint density at radius 2 is 1.93 bits per heavy atom. The summed E-state index contributed by atoms with van der Waals surface area (Å²) >= 11 is 1.93. The van der Waals surface area contributed by atoms with Crippen molar-refractivity contribution < 1.29 is 9.32 Å². The first kappa shape index (κ1) is 18.3. The fraction of sp³-hybridized carbons (Fsp3) is 0.667. The number of rotatable bonds is 3. The van der Waals surface area contributed by atoms with Crippen LogP contribution in [-0.4, -0.2) is 58.1 Å². The second kappa shape index (κ2) is 7.59. The van der Waals surface area contributed by atoms with Crippen LogP contribution in [0.15, 0.2) is 10.6 Å². The maximum Gasteiger partial charge on any atom is 0.292 e. The van der Waals surface area contributed by atoms with E-state index >= 15 is 0 Å². The van der Waals surface area contributed by atoms with E-state index in [1.165, 1.54) is 47.9 Å². The standard InChI is InChI=1S/C21H28N4O2S/c1-14-13-18(27-23-14)21(26)25-9-5-15(6-10-25)20-22-17-7-11-24(16-3-2-4-16)12-8-19(17)28-20/h13,15-16H,2-12H2,1H3. The highest BCUT2D eigenvalue weighted by Gasteiger charge is 2.31. The molecule has 3 aliphatic rings. The number of piperidine rings is 1. The van der Waals surface area contributed by atoms with Crippen LogP contribution in [0.5, 0.6) is 0 Å². The van der Waals surface area contributed by atoms with Gasteiger partial charge in [0.2, 0.25) is 5.76 Å². The number of fused-ring (bicyclic) bond motifs is 1. The van der Waals surface area contributed by atoms with Gasteiger partial charge in [-0.15, -0.1) is 11.3 Å². The number of carbonyl (C=O) groups is 1. The maximum atomic E-state index is 12.5. The molecule has 7 heteroatoms.